The summed E-state index contributed by atoms with van der Waals surface area (Å²) in [6.07, 6.45) is 4.55. The van der Waals surface area contributed by atoms with E-state index < -0.39 is 10.0 Å². The van der Waals surface area contributed by atoms with Crippen LogP contribution in [0.5, 0.6) is 0 Å². The molecule has 2 aromatic heterocycles. The molecule has 0 fully saturated rings. The van der Waals surface area contributed by atoms with E-state index in [9.17, 15) is 13.2 Å². The molecular weight excluding hydrogens is 372 g/mol. The highest BCUT2D eigenvalue weighted by Gasteiger charge is 2.12. The molecule has 0 unspecified atom stereocenters. The number of nitrogens with one attached hydrogen (secondary N) is 1. The van der Waals surface area contributed by atoms with Gasteiger partial charge in [0.1, 0.15) is 4.21 Å². The minimum atomic E-state index is -3.69. The van der Waals surface area contributed by atoms with Gasteiger partial charge in [0.25, 0.3) is 0 Å². The van der Waals surface area contributed by atoms with Gasteiger partial charge in [-0.1, -0.05) is 18.2 Å². The molecule has 0 saturated heterocycles. The van der Waals surface area contributed by atoms with E-state index in [-0.39, 0.29) is 16.7 Å². The fraction of sp³-hybridized carbons (Fsp3) is 0.176. The summed E-state index contributed by atoms with van der Waals surface area (Å²) >= 11 is 1.06. The number of sulfonamides is 1. The van der Waals surface area contributed by atoms with E-state index in [1.807, 2.05) is 36.5 Å². The average Bonchev–Trinajstić information content (AvgIpc) is 3.28. The van der Waals surface area contributed by atoms with Crippen LogP contribution in [-0.2, 0) is 27.8 Å². The van der Waals surface area contributed by atoms with Crippen LogP contribution in [0.2, 0.25) is 0 Å². The number of benzene rings is 1. The van der Waals surface area contributed by atoms with Crippen LogP contribution in [0.1, 0.15) is 16.9 Å². The van der Waals surface area contributed by atoms with Crippen molar-refractivity contribution >= 4 is 27.3 Å². The number of para-hydroxylation sites is 1. The monoisotopic (exact) mass is 390 g/mol. The predicted molar refractivity (Wildman–Crippen MR) is 99.4 cm³/mol. The van der Waals surface area contributed by atoms with Gasteiger partial charge in [-0.25, -0.2) is 18.2 Å². The van der Waals surface area contributed by atoms with Crippen LogP contribution < -0.4 is 10.5 Å². The van der Waals surface area contributed by atoms with E-state index in [4.69, 9.17) is 5.14 Å². The van der Waals surface area contributed by atoms with Gasteiger partial charge in [-0.2, -0.15) is 5.10 Å². The fourth-order valence-corrected chi connectivity index (χ4v) is 4.07. The van der Waals surface area contributed by atoms with E-state index >= 15 is 0 Å². The second-order valence-electron chi connectivity index (χ2n) is 5.67. The Morgan fingerprint density at radius 1 is 1.19 bits per heavy atom. The number of hydrogen-bond acceptors (Lipinski definition) is 5. The first-order valence-corrected chi connectivity index (χ1v) is 10.3. The number of hydrogen-bond donors (Lipinski definition) is 2. The number of aryl methyl sites for hydroxylation is 1. The maximum Gasteiger partial charge on any atom is 0.247 e. The molecule has 3 aromatic rings. The molecule has 0 aliphatic rings. The lowest BCUT2D eigenvalue weighted by Crippen LogP contribution is -2.22. The molecule has 136 valence electrons. The van der Waals surface area contributed by atoms with Crippen molar-refractivity contribution in [3.05, 3.63) is 65.3 Å². The normalized spacial score (nSPS) is 11.4. The summed E-state index contributed by atoms with van der Waals surface area (Å²) in [7, 11) is -3.69. The first kappa shape index (κ1) is 18.3. The third-order valence-electron chi connectivity index (χ3n) is 3.67. The van der Waals surface area contributed by atoms with Gasteiger partial charge in [0.05, 0.1) is 18.4 Å². The first-order chi connectivity index (χ1) is 12.4. The zero-order valence-corrected chi connectivity index (χ0v) is 15.5. The molecular formula is C17H18N4O3S2. The Labute approximate surface area is 155 Å². The number of rotatable bonds is 7. The highest BCUT2D eigenvalue weighted by atomic mass is 32.2. The lowest BCUT2D eigenvalue weighted by atomic mass is 10.2. The van der Waals surface area contributed by atoms with Crippen molar-refractivity contribution in [3.8, 4) is 5.69 Å². The third kappa shape index (κ3) is 4.78. The summed E-state index contributed by atoms with van der Waals surface area (Å²) < 4.78 is 24.3. The van der Waals surface area contributed by atoms with Crippen LogP contribution in [0.25, 0.3) is 5.69 Å². The van der Waals surface area contributed by atoms with Gasteiger partial charge in [-0.15, -0.1) is 11.3 Å². The van der Waals surface area contributed by atoms with Crippen molar-refractivity contribution in [1.82, 2.24) is 15.1 Å². The number of carbonyl (C=O) groups is 1. The summed E-state index contributed by atoms with van der Waals surface area (Å²) in [6, 6.07) is 12.8. The van der Waals surface area contributed by atoms with Crippen LogP contribution in [0, 0.1) is 0 Å². The summed E-state index contributed by atoms with van der Waals surface area (Å²) in [6.45, 7) is 0.280. The fourth-order valence-electron chi connectivity index (χ4n) is 2.35. The number of nitrogens with zero attached hydrogens (tertiary/aromatic N) is 2. The number of carbonyl (C=O) groups excluding carboxylic acids is 1. The molecule has 0 spiro atoms. The van der Waals surface area contributed by atoms with Gasteiger partial charge < -0.3 is 5.32 Å². The van der Waals surface area contributed by atoms with E-state index in [2.05, 4.69) is 10.4 Å². The molecule has 9 heteroatoms. The second kappa shape index (κ2) is 7.81. The molecule has 2 heterocycles. The van der Waals surface area contributed by atoms with Crippen LogP contribution in [0.4, 0.5) is 0 Å². The number of thiophene rings is 1. The molecule has 3 rings (SSSR count). The lowest BCUT2D eigenvalue weighted by Gasteiger charge is -2.03. The van der Waals surface area contributed by atoms with Gasteiger partial charge >= 0.3 is 0 Å². The summed E-state index contributed by atoms with van der Waals surface area (Å²) in [5.74, 6) is -0.108. The predicted octanol–water partition coefficient (Wildman–Crippen LogP) is 1.83. The number of aromatic nitrogens is 2. The largest absolute Gasteiger partial charge is 0.351 e. The highest BCUT2D eigenvalue weighted by Crippen LogP contribution is 2.20. The molecule has 1 amide bonds. The summed E-state index contributed by atoms with van der Waals surface area (Å²) in [5, 5.41) is 12.2. The number of nitrogens with two attached hydrogens (primary N) is 1. The minimum Gasteiger partial charge on any atom is -0.351 e. The zero-order chi connectivity index (χ0) is 18.6. The van der Waals surface area contributed by atoms with Crippen LogP contribution >= 0.6 is 11.3 Å². The molecule has 0 aliphatic heterocycles. The van der Waals surface area contributed by atoms with Crippen molar-refractivity contribution in [1.29, 1.82) is 0 Å². The molecule has 7 nitrogen and oxygen atoms in total. The third-order valence-corrected chi connectivity index (χ3v) is 6.20. The smallest absolute Gasteiger partial charge is 0.247 e. The Balaban J connectivity index is 1.49. The minimum absolute atomic E-state index is 0.0927. The Morgan fingerprint density at radius 2 is 1.96 bits per heavy atom. The molecule has 3 N–H and O–H groups in total. The summed E-state index contributed by atoms with van der Waals surface area (Å²) in [4.78, 5) is 12.7. The Bertz CT molecular complexity index is 994. The van der Waals surface area contributed by atoms with Crippen molar-refractivity contribution in [2.75, 3.05) is 0 Å². The molecule has 0 bridgehead atoms. The maximum atomic E-state index is 12.0. The van der Waals surface area contributed by atoms with Gasteiger partial charge in [-0.3, -0.25) is 4.79 Å². The van der Waals surface area contributed by atoms with E-state index in [0.717, 1.165) is 27.5 Å². The van der Waals surface area contributed by atoms with Crippen molar-refractivity contribution < 1.29 is 13.2 Å². The number of primary sulfonamides is 1. The van der Waals surface area contributed by atoms with E-state index in [1.165, 1.54) is 6.07 Å². The number of amides is 1. The van der Waals surface area contributed by atoms with Crippen LogP contribution in [0.3, 0.4) is 0 Å². The average molecular weight is 390 g/mol. The van der Waals surface area contributed by atoms with Crippen LogP contribution in [-0.4, -0.2) is 24.1 Å². The van der Waals surface area contributed by atoms with Gasteiger partial charge in [0.15, 0.2) is 0 Å². The Hall–Kier alpha value is -2.49. The molecule has 26 heavy (non-hydrogen) atoms. The molecule has 0 saturated carbocycles. The van der Waals surface area contributed by atoms with Crippen molar-refractivity contribution in [2.24, 2.45) is 5.14 Å². The molecule has 0 aliphatic carbocycles. The first-order valence-electron chi connectivity index (χ1n) is 7.89. The highest BCUT2D eigenvalue weighted by molar-refractivity contribution is 7.91. The molecule has 0 radical (unpaired) electrons. The quantitative estimate of drug-likeness (QED) is 0.642. The van der Waals surface area contributed by atoms with Crippen LogP contribution in [0.15, 0.2) is 59.1 Å². The maximum absolute atomic E-state index is 12.0. The zero-order valence-electron chi connectivity index (χ0n) is 13.8. The molecule has 0 atom stereocenters. The van der Waals surface area contributed by atoms with Gasteiger partial charge in [0.2, 0.25) is 15.9 Å². The van der Waals surface area contributed by atoms with Gasteiger partial charge in [0, 0.05) is 17.5 Å². The summed E-state index contributed by atoms with van der Waals surface area (Å²) in [5.41, 5.74) is 1.93. The van der Waals surface area contributed by atoms with Crippen molar-refractivity contribution in [3.63, 3.8) is 0 Å². The topological polar surface area (TPSA) is 107 Å². The Kier molecular flexibility index (Phi) is 5.50. The standard InChI is InChI=1S/C17H18N4O3S2/c18-26(23,24)17-9-7-15(25-17)11-19-16(22)8-6-13-10-20-21(12-13)14-4-2-1-3-5-14/h1-5,7,9-10,12H,6,8,11H2,(H,19,22)(H2,18,23,24). The SMILES string of the molecule is NS(=O)(=O)c1ccc(CNC(=O)CCc2cnn(-c3ccccc3)c2)s1. The lowest BCUT2D eigenvalue weighted by molar-refractivity contribution is -0.121. The Morgan fingerprint density at radius 3 is 2.65 bits per heavy atom. The van der Waals surface area contributed by atoms with E-state index in [1.54, 1.807) is 16.9 Å². The second-order valence-corrected chi connectivity index (χ2v) is 8.63. The molecule has 1 aromatic carbocycles. The van der Waals surface area contributed by atoms with Crippen molar-refractivity contribution in [2.45, 2.75) is 23.6 Å². The van der Waals surface area contributed by atoms with E-state index in [0.29, 0.717) is 12.8 Å². The van der Waals surface area contributed by atoms with Gasteiger partial charge in [-0.05, 0) is 36.2 Å².